The standard InChI is InChI=1S/C14H14ClN3S/c15-13-12(18-8-9-19-14(18)17-13)10-16-7-6-11-4-2-1-3-5-11/h1-5,8-9,16H,6-7,10H2/p+1. The van der Waals surface area contributed by atoms with E-state index >= 15 is 0 Å². The van der Waals surface area contributed by atoms with E-state index in [0.29, 0.717) is 5.15 Å². The average Bonchev–Trinajstić information content (AvgIpc) is 2.98. The molecule has 5 heteroatoms. The first-order valence-electron chi connectivity index (χ1n) is 6.30. The number of imidazole rings is 1. The lowest BCUT2D eigenvalue weighted by Crippen LogP contribution is -2.83. The van der Waals surface area contributed by atoms with Gasteiger partial charge in [-0.1, -0.05) is 41.9 Å². The quantitative estimate of drug-likeness (QED) is 0.720. The molecule has 19 heavy (non-hydrogen) atoms. The van der Waals surface area contributed by atoms with E-state index in [9.17, 15) is 0 Å². The van der Waals surface area contributed by atoms with Gasteiger partial charge >= 0.3 is 0 Å². The lowest BCUT2D eigenvalue weighted by molar-refractivity contribution is -0.670. The number of nitrogens with zero attached hydrogens (tertiary/aromatic N) is 2. The van der Waals surface area contributed by atoms with Crippen LogP contribution in [0.15, 0.2) is 41.9 Å². The zero-order valence-corrected chi connectivity index (χ0v) is 12.0. The van der Waals surface area contributed by atoms with E-state index < -0.39 is 0 Å². The largest absolute Gasteiger partial charge is 0.341 e. The van der Waals surface area contributed by atoms with Crippen LogP contribution in [0.25, 0.3) is 4.96 Å². The van der Waals surface area contributed by atoms with Gasteiger partial charge in [0.25, 0.3) is 0 Å². The van der Waals surface area contributed by atoms with Gasteiger partial charge in [0, 0.05) is 18.0 Å². The number of thiazole rings is 1. The molecule has 0 aliphatic heterocycles. The van der Waals surface area contributed by atoms with Crippen LogP contribution in [0.3, 0.4) is 0 Å². The van der Waals surface area contributed by atoms with Crippen LogP contribution in [0.2, 0.25) is 5.15 Å². The molecule has 0 saturated heterocycles. The minimum absolute atomic E-state index is 0.628. The van der Waals surface area contributed by atoms with Gasteiger partial charge in [-0.3, -0.25) is 4.40 Å². The number of rotatable bonds is 5. The number of fused-ring (bicyclic) bond motifs is 1. The summed E-state index contributed by atoms with van der Waals surface area (Å²) in [5, 5.41) is 4.94. The van der Waals surface area contributed by atoms with Crippen molar-refractivity contribution in [2.75, 3.05) is 6.54 Å². The molecule has 2 N–H and O–H groups in total. The summed E-state index contributed by atoms with van der Waals surface area (Å²) >= 11 is 7.77. The number of hydrogen-bond acceptors (Lipinski definition) is 2. The zero-order valence-electron chi connectivity index (χ0n) is 10.4. The second-order valence-electron chi connectivity index (χ2n) is 4.42. The number of benzene rings is 1. The Balaban J connectivity index is 1.58. The lowest BCUT2D eigenvalue weighted by Gasteiger charge is -2.02. The fourth-order valence-corrected chi connectivity index (χ4v) is 3.17. The third-order valence-corrected chi connectivity index (χ3v) is 4.19. The minimum atomic E-state index is 0.628. The number of nitrogens with two attached hydrogens (primary N) is 1. The summed E-state index contributed by atoms with van der Waals surface area (Å²) in [6, 6.07) is 10.5. The smallest absolute Gasteiger partial charge is 0.195 e. The van der Waals surface area contributed by atoms with Crippen molar-refractivity contribution in [2.24, 2.45) is 0 Å². The van der Waals surface area contributed by atoms with Crippen molar-refractivity contribution in [3.63, 3.8) is 0 Å². The molecule has 3 rings (SSSR count). The van der Waals surface area contributed by atoms with Crippen LogP contribution in [0.1, 0.15) is 11.3 Å². The van der Waals surface area contributed by atoms with E-state index in [1.54, 1.807) is 11.3 Å². The molecule has 3 aromatic rings. The summed E-state index contributed by atoms with van der Waals surface area (Å²) < 4.78 is 2.08. The molecule has 98 valence electrons. The van der Waals surface area contributed by atoms with Crippen LogP contribution in [0.4, 0.5) is 0 Å². The van der Waals surface area contributed by atoms with E-state index in [4.69, 9.17) is 11.6 Å². The van der Waals surface area contributed by atoms with Crippen molar-refractivity contribution < 1.29 is 5.32 Å². The van der Waals surface area contributed by atoms with E-state index in [-0.39, 0.29) is 0 Å². The number of quaternary nitrogens is 1. The Labute approximate surface area is 120 Å². The summed E-state index contributed by atoms with van der Waals surface area (Å²) in [6.07, 6.45) is 3.10. The van der Waals surface area contributed by atoms with Gasteiger partial charge in [0.1, 0.15) is 12.2 Å². The Morgan fingerprint density at radius 3 is 2.95 bits per heavy atom. The lowest BCUT2D eigenvalue weighted by atomic mass is 10.1. The normalized spacial score (nSPS) is 11.2. The second-order valence-corrected chi connectivity index (χ2v) is 5.65. The van der Waals surface area contributed by atoms with E-state index in [1.165, 1.54) is 5.56 Å². The molecule has 2 aromatic heterocycles. The van der Waals surface area contributed by atoms with Crippen LogP contribution in [0.5, 0.6) is 0 Å². The molecule has 0 saturated carbocycles. The van der Waals surface area contributed by atoms with Crippen LogP contribution in [-0.2, 0) is 13.0 Å². The number of hydrogen-bond donors (Lipinski definition) is 1. The summed E-state index contributed by atoms with van der Waals surface area (Å²) in [5.41, 5.74) is 2.46. The first-order chi connectivity index (χ1) is 9.34. The van der Waals surface area contributed by atoms with Gasteiger partial charge in [-0.2, -0.15) is 0 Å². The number of halogens is 1. The Hall–Kier alpha value is -1.36. The summed E-state index contributed by atoms with van der Waals surface area (Å²) in [7, 11) is 0. The third-order valence-electron chi connectivity index (χ3n) is 3.13. The molecule has 0 unspecified atom stereocenters. The minimum Gasteiger partial charge on any atom is -0.341 e. The Bertz CT molecular complexity index is 660. The maximum Gasteiger partial charge on any atom is 0.195 e. The van der Waals surface area contributed by atoms with Crippen molar-refractivity contribution in [1.29, 1.82) is 0 Å². The molecule has 0 bridgehead atoms. The highest BCUT2D eigenvalue weighted by Gasteiger charge is 2.12. The van der Waals surface area contributed by atoms with Crippen molar-refractivity contribution in [2.45, 2.75) is 13.0 Å². The van der Waals surface area contributed by atoms with E-state index in [0.717, 1.165) is 30.2 Å². The van der Waals surface area contributed by atoms with Crippen molar-refractivity contribution >= 4 is 27.9 Å². The highest BCUT2D eigenvalue weighted by Crippen LogP contribution is 2.20. The predicted molar refractivity (Wildman–Crippen MR) is 78.7 cm³/mol. The average molecular weight is 293 g/mol. The molecule has 0 fully saturated rings. The molecule has 0 radical (unpaired) electrons. The Morgan fingerprint density at radius 2 is 2.11 bits per heavy atom. The fraction of sp³-hybridized carbons (Fsp3) is 0.214. The molecule has 0 spiro atoms. The molecule has 2 heterocycles. The monoisotopic (exact) mass is 292 g/mol. The van der Waals surface area contributed by atoms with Crippen molar-refractivity contribution in [3.8, 4) is 0 Å². The van der Waals surface area contributed by atoms with E-state index in [1.807, 2.05) is 17.6 Å². The zero-order chi connectivity index (χ0) is 13.1. The summed E-state index contributed by atoms with van der Waals surface area (Å²) in [6.45, 7) is 1.92. The van der Waals surface area contributed by atoms with Gasteiger partial charge in [-0.25, -0.2) is 4.98 Å². The van der Waals surface area contributed by atoms with Crippen LogP contribution < -0.4 is 5.32 Å². The SMILES string of the molecule is Clc1nc2sccn2c1C[NH2+]CCc1ccccc1. The highest BCUT2D eigenvalue weighted by molar-refractivity contribution is 7.15. The second kappa shape index (κ2) is 5.74. The van der Waals surface area contributed by atoms with Gasteiger partial charge in [0.05, 0.1) is 6.54 Å². The molecule has 0 aliphatic rings. The van der Waals surface area contributed by atoms with Crippen LogP contribution >= 0.6 is 22.9 Å². The van der Waals surface area contributed by atoms with Gasteiger partial charge in [-0.15, -0.1) is 11.3 Å². The van der Waals surface area contributed by atoms with Crippen LogP contribution in [0, 0.1) is 0 Å². The van der Waals surface area contributed by atoms with Gasteiger partial charge in [0.2, 0.25) is 0 Å². The molecule has 0 amide bonds. The van der Waals surface area contributed by atoms with Gasteiger partial charge < -0.3 is 5.32 Å². The van der Waals surface area contributed by atoms with E-state index in [2.05, 4.69) is 39.0 Å². The van der Waals surface area contributed by atoms with Gasteiger partial charge in [-0.05, 0) is 5.56 Å². The van der Waals surface area contributed by atoms with Crippen molar-refractivity contribution in [3.05, 3.63) is 58.3 Å². The predicted octanol–water partition coefficient (Wildman–Crippen LogP) is 2.36. The topological polar surface area (TPSA) is 33.9 Å². The molecule has 3 nitrogen and oxygen atoms in total. The number of aromatic nitrogens is 2. The van der Waals surface area contributed by atoms with Crippen LogP contribution in [-0.4, -0.2) is 15.9 Å². The molecule has 0 atom stereocenters. The Kier molecular flexibility index (Phi) is 3.82. The fourth-order valence-electron chi connectivity index (χ4n) is 2.14. The highest BCUT2D eigenvalue weighted by atomic mass is 35.5. The summed E-state index contributed by atoms with van der Waals surface area (Å²) in [5.74, 6) is 0. The first kappa shape index (κ1) is 12.7. The molecule has 1 aromatic carbocycles. The third kappa shape index (κ3) is 2.81. The molecule has 0 aliphatic carbocycles. The van der Waals surface area contributed by atoms with Crippen molar-refractivity contribution in [1.82, 2.24) is 9.38 Å². The van der Waals surface area contributed by atoms with Gasteiger partial charge in [0.15, 0.2) is 10.1 Å². The Morgan fingerprint density at radius 1 is 1.26 bits per heavy atom. The molecular formula is C14H15ClN3S+. The first-order valence-corrected chi connectivity index (χ1v) is 7.56. The molecular weight excluding hydrogens is 278 g/mol. The summed E-state index contributed by atoms with van der Waals surface area (Å²) in [4.78, 5) is 5.31. The maximum absolute atomic E-state index is 6.16. The maximum atomic E-state index is 6.16.